The molecule has 3 aliphatic rings. The van der Waals surface area contributed by atoms with Crippen LogP contribution in [-0.2, 0) is 0 Å². The number of nitrogens with one attached hydrogen (secondary N) is 1. The summed E-state index contributed by atoms with van der Waals surface area (Å²) in [7, 11) is 0. The lowest BCUT2D eigenvalue weighted by atomic mass is 9.87. The van der Waals surface area contributed by atoms with Crippen LogP contribution in [0.25, 0.3) is 0 Å². The zero-order valence-corrected chi connectivity index (χ0v) is 8.39. The Balaban J connectivity index is 1.95. The van der Waals surface area contributed by atoms with E-state index in [0.717, 1.165) is 24.3 Å². The second kappa shape index (κ2) is 3.09. The molecule has 0 spiro atoms. The summed E-state index contributed by atoms with van der Waals surface area (Å²) in [6, 6.07) is 0.616. The SMILES string of the molecule is C=C[C@@H]1C[C@@H]2C=CCN[C@@H]3C=C[C@H]1[C@H]23. The van der Waals surface area contributed by atoms with Crippen molar-refractivity contribution >= 4 is 0 Å². The molecule has 0 amide bonds. The third-order valence-electron chi connectivity index (χ3n) is 4.09. The van der Waals surface area contributed by atoms with Gasteiger partial charge in [0, 0.05) is 12.6 Å². The molecule has 0 aromatic carbocycles. The third kappa shape index (κ3) is 1.05. The van der Waals surface area contributed by atoms with Crippen LogP contribution >= 0.6 is 0 Å². The van der Waals surface area contributed by atoms with Crippen molar-refractivity contribution in [3.05, 3.63) is 37.0 Å². The van der Waals surface area contributed by atoms with Crippen molar-refractivity contribution in [2.75, 3.05) is 6.54 Å². The highest BCUT2D eigenvalue weighted by atomic mass is 14.9. The van der Waals surface area contributed by atoms with E-state index in [1.54, 1.807) is 0 Å². The highest BCUT2D eigenvalue weighted by Gasteiger charge is 2.45. The standard InChI is InChI=1S/C13H17N/c1-2-9-8-10-4-3-7-14-12-6-5-11(9)13(10)12/h2-6,9-14H,1,7-8H2/t9-,10+,11-,12-,13+/m1/s1. The summed E-state index contributed by atoms with van der Waals surface area (Å²) in [4.78, 5) is 0. The van der Waals surface area contributed by atoms with Crippen LogP contribution in [0.1, 0.15) is 6.42 Å². The molecule has 0 bridgehead atoms. The van der Waals surface area contributed by atoms with E-state index in [-0.39, 0.29) is 0 Å². The first-order valence-corrected chi connectivity index (χ1v) is 5.61. The second-order valence-electron chi connectivity index (χ2n) is 4.70. The molecule has 0 unspecified atom stereocenters. The lowest BCUT2D eigenvalue weighted by Gasteiger charge is -2.22. The highest BCUT2D eigenvalue weighted by Crippen LogP contribution is 2.49. The summed E-state index contributed by atoms with van der Waals surface area (Å²) in [5.74, 6) is 3.03. The summed E-state index contributed by atoms with van der Waals surface area (Å²) in [5, 5.41) is 3.58. The van der Waals surface area contributed by atoms with Gasteiger partial charge in [0.15, 0.2) is 0 Å². The largest absolute Gasteiger partial charge is 0.307 e. The fourth-order valence-corrected chi connectivity index (χ4v) is 3.46. The maximum atomic E-state index is 3.96. The van der Waals surface area contributed by atoms with E-state index in [1.165, 1.54) is 6.42 Å². The zero-order chi connectivity index (χ0) is 9.54. The molecular formula is C13H17N. The molecule has 0 aromatic heterocycles. The fourth-order valence-electron chi connectivity index (χ4n) is 3.46. The van der Waals surface area contributed by atoms with E-state index in [9.17, 15) is 0 Å². The van der Waals surface area contributed by atoms with Crippen molar-refractivity contribution in [1.29, 1.82) is 0 Å². The topological polar surface area (TPSA) is 12.0 Å². The Kier molecular flexibility index (Phi) is 1.88. The fraction of sp³-hybridized carbons (Fsp3) is 0.538. The normalized spacial score (nSPS) is 49.0. The Bertz CT molecular complexity index is 302. The molecule has 1 aliphatic heterocycles. The van der Waals surface area contributed by atoms with Gasteiger partial charge in [-0.15, -0.1) is 6.58 Å². The molecule has 1 N–H and O–H groups in total. The Morgan fingerprint density at radius 3 is 3.07 bits per heavy atom. The van der Waals surface area contributed by atoms with E-state index in [4.69, 9.17) is 0 Å². The van der Waals surface area contributed by atoms with Gasteiger partial charge in [-0.2, -0.15) is 0 Å². The molecule has 0 radical (unpaired) electrons. The predicted octanol–water partition coefficient (Wildman–Crippen LogP) is 2.14. The van der Waals surface area contributed by atoms with Gasteiger partial charge in [-0.05, 0) is 30.1 Å². The van der Waals surface area contributed by atoms with E-state index in [2.05, 4.69) is 42.3 Å². The first kappa shape index (κ1) is 8.49. The summed E-state index contributed by atoms with van der Waals surface area (Å²) in [5.41, 5.74) is 0. The van der Waals surface area contributed by atoms with Crippen LogP contribution in [0, 0.1) is 23.7 Å². The van der Waals surface area contributed by atoms with E-state index in [1.807, 2.05) is 0 Å². The quantitative estimate of drug-likeness (QED) is 0.620. The number of hydrogen-bond acceptors (Lipinski definition) is 1. The van der Waals surface area contributed by atoms with Crippen LogP contribution in [0.3, 0.4) is 0 Å². The van der Waals surface area contributed by atoms with Gasteiger partial charge in [0.25, 0.3) is 0 Å². The molecule has 1 heterocycles. The van der Waals surface area contributed by atoms with Crippen molar-refractivity contribution in [3.8, 4) is 0 Å². The third-order valence-corrected chi connectivity index (χ3v) is 4.09. The van der Waals surface area contributed by atoms with Crippen molar-refractivity contribution < 1.29 is 0 Å². The predicted molar refractivity (Wildman–Crippen MR) is 58.8 cm³/mol. The molecule has 74 valence electrons. The zero-order valence-electron chi connectivity index (χ0n) is 8.39. The average molecular weight is 187 g/mol. The maximum Gasteiger partial charge on any atom is 0.0292 e. The molecule has 0 saturated heterocycles. The molecule has 1 saturated carbocycles. The van der Waals surface area contributed by atoms with Crippen molar-refractivity contribution in [1.82, 2.24) is 5.32 Å². The molecule has 3 rings (SSSR count). The number of allylic oxidation sites excluding steroid dienone is 3. The van der Waals surface area contributed by atoms with Gasteiger partial charge in [-0.3, -0.25) is 0 Å². The van der Waals surface area contributed by atoms with Crippen LogP contribution in [0.15, 0.2) is 37.0 Å². The van der Waals surface area contributed by atoms with E-state index in [0.29, 0.717) is 12.0 Å². The van der Waals surface area contributed by atoms with Crippen LogP contribution in [0.2, 0.25) is 0 Å². The Hall–Kier alpha value is -0.820. The van der Waals surface area contributed by atoms with E-state index >= 15 is 0 Å². The van der Waals surface area contributed by atoms with Gasteiger partial charge in [-0.1, -0.05) is 30.4 Å². The monoisotopic (exact) mass is 187 g/mol. The minimum absolute atomic E-state index is 0.616. The number of hydrogen-bond donors (Lipinski definition) is 1. The molecule has 0 aromatic rings. The smallest absolute Gasteiger partial charge is 0.0292 e. The summed E-state index contributed by atoms with van der Waals surface area (Å²) < 4.78 is 0. The van der Waals surface area contributed by atoms with Crippen LogP contribution < -0.4 is 5.32 Å². The molecular weight excluding hydrogens is 170 g/mol. The van der Waals surface area contributed by atoms with Gasteiger partial charge in [0.2, 0.25) is 0 Å². The first-order chi connectivity index (χ1) is 6.90. The van der Waals surface area contributed by atoms with Gasteiger partial charge in [0.05, 0.1) is 0 Å². The molecule has 1 fully saturated rings. The average Bonchev–Trinajstić information content (AvgIpc) is 2.68. The Morgan fingerprint density at radius 2 is 2.21 bits per heavy atom. The minimum atomic E-state index is 0.616. The molecule has 2 aliphatic carbocycles. The van der Waals surface area contributed by atoms with Crippen LogP contribution in [0.5, 0.6) is 0 Å². The van der Waals surface area contributed by atoms with E-state index < -0.39 is 0 Å². The van der Waals surface area contributed by atoms with Gasteiger partial charge >= 0.3 is 0 Å². The second-order valence-corrected chi connectivity index (χ2v) is 4.70. The van der Waals surface area contributed by atoms with Crippen molar-refractivity contribution in [3.63, 3.8) is 0 Å². The molecule has 1 nitrogen and oxygen atoms in total. The Morgan fingerprint density at radius 1 is 1.29 bits per heavy atom. The highest BCUT2D eigenvalue weighted by molar-refractivity contribution is 5.23. The summed E-state index contributed by atoms with van der Waals surface area (Å²) in [6.45, 7) is 5.00. The van der Waals surface area contributed by atoms with Crippen molar-refractivity contribution in [2.45, 2.75) is 12.5 Å². The maximum absolute atomic E-state index is 3.96. The minimum Gasteiger partial charge on any atom is -0.307 e. The van der Waals surface area contributed by atoms with Gasteiger partial charge in [0.1, 0.15) is 0 Å². The summed E-state index contributed by atoms with van der Waals surface area (Å²) in [6.07, 6.45) is 12.9. The van der Waals surface area contributed by atoms with Gasteiger partial charge < -0.3 is 5.32 Å². The van der Waals surface area contributed by atoms with Gasteiger partial charge in [-0.25, -0.2) is 0 Å². The van der Waals surface area contributed by atoms with Crippen LogP contribution in [0.4, 0.5) is 0 Å². The number of rotatable bonds is 1. The molecule has 1 heteroatoms. The molecule has 5 atom stereocenters. The lowest BCUT2D eigenvalue weighted by molar-refractivity contribution is 0.349. The molecule has 14 heavy (non-hydrogen) atoms. The summed E-state index contributed by atoms with van der Waals surface area (Å²) >= 11 is 0. The lowest BCUT2D eigenvalue weighted by Crippen LogP contribution is -2.34. The van der Waals surface area contributed by atoms with Crippen molar-refractivity contribution in [2.24, 2.45) is 23.7 Å². The Labute approximate surface area is 85.6 Å². The first-order valence-electron chi connectivity index (χ1n) is 5.61. The van der Waals surface area contributed by atoms with Crippen LogP contribution in [-0.4, -0.2) is 12.6 Å².